The van der Waals surface area contributed by atoms with Crippen molar-refractivity contribution in [1.82, 2.24) is 4.98 Å². The number of para-hydroxylation sites is 1. The summed E-state index contributed by atoms with van der Waals surface area (Å²) >= 11 is 3.04. The Morgan fingerprint density at radius 1 is 1.35 bits per heavy atom. The fourth-order valence-corrected chi connectivity index (χ4v) is 5.47. The second-order valence-electron chi connectivity index (χ2n) is 5.67. The number of carbonyl (C=O) groups excluding carboxylic acids is 1. The molecule has 0 aliphatic heterocycles. The number of hydrogen-bond acceptors (Lipinski definition) is 4. The van der Waals surface area contributed by atoms with Gasteiger partial charge in [-0.15, -0.1) is 22.7 Å². The molecule has 0 fully saturated rings. The molecule has 2 aromatic heterocycles. The number of carbonyl (C=O) groups is 1. The minimum atomic E-state index is -0.973. The minimum absolute atomic E-state index is 0.138. The summed E-state index contributed by atoms with van der Waals surface area (Å²) in [4.78, 5) is 17.3. The molecule has 1 aliphatic carbocycles. The highest BCUT2D eigenvalue weighted by molar-refractivity contribution is 7.22. The van der Waals surface area contributed by atoms with Gasteiger partial charge in [-0.25, -0.2) is 9.37 Å². The summed E-state index contributed by atoms with van der Waals surface area (Å²) in [5.74, 6) is -0.138. The lowest BCUT2D eigenvalue weighted by atomic mass is 9.94. The van der Waals surface area contributed by atoms with E-state index < -0.39 is 6.17 Å². The third-order valence-corrected chi connectivity index (χ3v) is 6.23. The van der Waals surface area contributed by atoms with Gasteiger partial charge in [-0.05, 0) is 31.4 Å². The van der Waals surface area contributed by atoms with Gasteiger partial charge >= 0.3 is 0 Å². The van der Waals surface area contributed by atoms with Crippen LogP contribution in [0, 0.1) is 0 Å². The van der Waals surface area contributed by atoms with Crippen LogP contribution in [-0.4, -0.2) is 10.9 Å². The van der Waals surface area contributed by atoms with Crippen LogP contribution in [0.15, 0.2) is 24.3 Å². The zero-order valence-electron chi connectivity index (χ0n) is 12.6. The lowest BCUT2D eigenvalue weighted by molar-refractivity contribution is -0.114. The largest absolute Gasteiger partial charge is 0.317 e. The monoisotopic (exact) mass is 346 g/mol. The first-order valence-corrected chi connectivity index (χ1v) is 9.20. The minimum Gasteiger partial charge on any atom is -0.317 e. The van der Waals surface area contributed by atoms with Gasteiger partial charge in [0.2, 0.25) is 5.91 Å². The number of thiazole rings is 1. The first-order chi connectivity index (χ1) is 11.1. The van der Waals surface area contributed by atoms with Gasteiger partial charge in [0.1, 0.15) is 16.2 Å². The smallest absolute Gasteiger partial charge is 0.221 e. The van der Waals surface area contributed by atoms with Crippen LogP contribution in [0.3, 0.4) is 0 Å². The Balaban J connectivity index is 1.94. The molecule has 1 aromatic carbocycles. The van der Waals surface area contributed by atoms with E-state index in [0.717, 1.165) is 49.1 Å². The van der Waals surface area contributed by atoms with Gasteiger partial charge in [-0.1, -0.05) is 12.1 Å². The van der Waals surface area contributed by atoms with Crippen molar-refractivity contribution in [2.45, 2.75) is 32.4 Å². The number of nitrogens with one attached hydrogen (secondary N) is 1. The molecule has 6 heteroatoms. The summed E-state index contributed by atoms with van der Waals surface area (Å²) in [5.41, 5.74) is 2.44. The Morgan fingerprint density at radius 3 is 2.96 bits per heavy atom. The van der Waals surface area contributed by atoms with E-state index in [1.54, 1.807) is 11.3 Å². The predicted molar refractivity (Wildman–Crippen MR) is 94.0 cm³/mol. The number of hydrogen-bond donors (Lipinski definition) is 1. The van der Waals surface area contributed by atoms with E-state index >= 15 is 0 Å². The van der Waals surface area contributed by atoms with Crippen LogP contribution < -0.4 is 5.32 Å². The van der Waals surface area contributed by atoms with Crippen LogP contribution in [0.4, 0.5) is 9.39 Å². The number of halogens is 1. The number of anilines is 1. The molecule has 1 N–H and O–H groups in total. The third-order valence-electron chi connectivity index (χ3n) is 3.99. The van der Waals surface area contributed by atoms with Crippen LogP contribution in [-0.2, 0) is 11.2 Å². The highest BCUT2D eigenvalue weighted by Crippen LogP contribution is 2.50. The summed E-state index contributed by atoms with van der Waals surface area (Å²) in [6, 6.07) is 7.89. The molecular weight excluding hydrogens is 331 g/mol. The number of nitrogens with zero attached hydrogens (tertiary/aromatic N) is 1. The highest BCUT2D eigenvalue weighted by atomic mass is 32.1. The van der Waals surface area contributed by atoms with Gasteiger partial charge in [0.05, 0.1) is 15.8 Å². The molecule has 0 bridgehead atoms. The van der Waals surface area contributed by atoms with Crippen LogP contribution in [0.5, 0.6) is 0 Å². The molecular formula is C17H15FN2OS2. The molecule has 23 heavy (non-hydrogen) atoms. The van der Waals surface area contributed by atoms with E-state index in [1.165, 1.54) is 18.3 Å². The number of benzene rings is 1. The molecule has 1 atom stereocenters. The molecule has 0 spiro atoms. The van der Waals surface area contributed by atoms with Crippen molar-refractivity contribution in [2.24, 2.45) is 0 Å². The molecule has 1 amide bonds. The molecule has 2 heterocycles. The molecule has 0 saturated heterocycles. The summed E-state index contributed by atoms with van der Waals surface area (Å²) in [6.07, 6.45) is 1.30. The molecule has 0 saturated carbocycles. The van der Waals surface area contributed by atoms with Crippen LogP contribution in [0.2, 0.25) is 0 Å². The lowest BCUT2D eigenvalue weighted by Crippen LogP contribution is -2.06. The maximum atomic E-state index is 14.6. The Hall–Kier alpha value is -1.79. The summed E-state index contributed by atoms with van der Waals surface area (Å²) in [5, 5.41) is 4.39. The number of rotatable bonds is 2. The van der Waals surface area contributed by atoms with Crippen molar-refractivity contribution in [3.63, 3.8) is 0 Å². The number of thiophene rings is 1. The van der Waals surface area contributed by atoms with E-state index in [2.05, 4.69) is 10.3 Å². The van der Waals surface area contributed by atoms with Crippen LogP contribution in [0.25, 0.3) is 20.8 Å². The fraction of sp³-hybridized carbons (Fsp3) is 0.294. The number of aromatic nitrogens is 1. The van der Waals surface area contributed by atoms with Crippen molar-refractivity contribution >= 4 is 43.8 Å². The Kier molecular flexibility index (Phi) is 3.66. The van der Waals surface area contributed by atoms with Crippen molar-refractivity contribution in [3.05, 3.63) is 34.7 Å². The number of alkyl halides is 1. The van der Waals surface area contributed by atoms with E-state index in [4.69, 9.17) is 0 Å². The van der Waals surface area contributed by atoms with Crippen molar-refractivity contribution < 1.29 is 9.18 Å². The average Bonchev–Trinajstić information content (AvgIpc) is 3.07. The summed E-state index contributed by atoms with van der Waals surface area (Å²) in [6.45, 7) is 1.48. The SMILES string of the molecule is CC(=O)Nc1sc2c(c1-c1nc3ccccc3s1)C(F)CCC2. The quantitative estimate of drug-likeness (QED) is 0.681. The van der Waals surface area contributed by atoms with E-state index in [-0.39, 0.29) is 5.91 Å². The van der Waals surface area contributed by atoms with E-state index in [1.807, 2.05) is 24.3 Å². The zero-order valence-corrected chi connectivity index (χ0v) is 14.2. The third kappa shape index (κ3) is 2.56. The van der Waals surface area contributed by atoms with E-state index in [9.17, 15) is 9.18 Å². The molecule has 0 radical (unpaired) electrons. The maximum Gasteiger partial charge on any atom is 0.221 e. The van der Waals surface area contributed by atoms with Crippen LogP contribution in [0.1, 0.15) is 36.4 Å². The standard InChI is InChI=1S/C17H15FN2OS2/c1-9(21)19-16-15(14-10(18)5-4-8-13(14)23-16)17-20-11-6-2-3-7-12(11)22-17/h2-3,6-7,10H,4-5,8H2,1H3,(H,19,21). The van der Waals surface area contributed by atoms with Crippen molar-refractivity contribution in [2.75, 3.05) is 5.32 Å². The molecule has 1 unspecified atom stereocenters. The lowest BCUT2D eigenvalue weighted by Gasteiger charge is -2.16. The summed E-state index contributed by atoms with van der Waals surface area (Å²) < 4.78 is 15.7. The first kappa shape index (κ1) is 14.8. The summed E-state index contributed by atoms with van der Waals surface area (Å²) in [7, 11) is 0. The highest BCUT2D eigenvalue weighted by Gasteiger charge is 2.30. The van der Waals surface area contributed by atoms with Crippen LogP contribution >= 0.6 is 22.7 Å². The van der Waals surface area contributed by atoms with Gasteiger partial charge < -0.3 is 5.32 Å². The van der Waals surface area contributed by atoms with Gasteiger partial charge in [0.15, 0.2) is 0 Å². The van der Waals surface area contributed by atoms with Gasteiger partial charge in [0.25, 0.3) is 0 Å². The maximum absolute atomic E-state index is 14.6. The number of fused-ring (bicyclic) bond motifs is 2. The first-order valence-electron chi connectivity index (χ1n) is 7.56. The van der Waals surface area contributed by atoms with Crippen molar-refractivity contribution in [3.8, 4) is 10.6 Å². The molecule has 1 aliphatic rings. The van der Waals surface area contributed by atoms with Crippen molar-refractivity contribution in [1.29, 1.82) is 0 Å². The van der Waals surface area contributed by atoms with Gasteiger partial charge in [0, 0.05) is 17.4 Å². The molecule has 118 valence electrons. The second kappa shape index (κ2) is 5.69. The zero-order chi connectivity index (χ0) is 16.0. The topological polar surface area (TPSA) is 42.0 Å². The predicted octanol–water partition coefficient (Wildman–Crippen LogP) is 5.33. The molecule has 4 rings (SSSR count). The number of aryl methyl sites for hydroxylation is 1. The molecule has 3 nitrogen and oxygen atoms in total. The van der Waals surface area contributed by atoms with E-state index in [0.29, 0.717) is 6.42 Å². The number of amides is 1. The second-order valence-corrected chi connectivity index (χ2v) is 7.81. The molecule has 3 aromatic rings. The van der Waals surface area contributed by atoms with Gasteiger partial charge in [-0.3, -0.25) is 4.79 Å². The average molecular weight is 346 g/mol. The Morgan fingerprint density at radius 2 is 2.17 bits per heavy atom. The van der Waals surface area contributed by atoms with Gasteiger partial charge in [-0.2, -0.15) is 0 Å². The Labute approximate surface area is 141 Å². The Bertz CT molecular complexity index is 866. The fourth-order valence-electron chi connectivity index (χ4n) is 3.03. The normalized spacial score (nSPS) is 17.2.